The van der Waals surface area contributed by atoms with Gasteiger partial charge in [-0.15, -0.1) is 0 Å². The van der Waals surface area contributed by atoms with E-state index in [2.05, 4.69) is 0 Å². The van der Waals surface area contributed by atoms with Crippen LogP contribution in [0.4, 0.5) is 10.5 Å². The van der Waals surface area contributed by atoms with E-state index in [1.54, 1.807) is 31.7 Å². The molecule has 0 unspecified atom stereocenters. The molecule has 1 heterocycles. The molecule has 0 aromatic heterocycles. The number of piperidine rings is 1. The fourth-order valence-corrected chi connectivity index (χ4v) is 3.58. The van der Waals surface area contributed by atoms with Gasteiger partial charge in [-0.1, -0.05) is 12.1 Å². The van der Waals surface area contributed by atoms with Crippen LogP contribution in [-0.2, 0) is 14.3 Å². The van der Waals surface area contributed by atoms with Crippen LogP contribution in [0.15, 0.2) is 24.3 Å². The van der Waals surface area contributed by atoms with E-state index in [9.17, 15) is 24.8 Å². The molecule has 2 rings (SSSR count). The van der Waals surface area contributed by atoms with Crippen LogP contribution >= 0.6 is 0 Å². The number of aliphatic hydroxyl groups excluding tert-OH is 1. The molecule has 1 aliphatic heterocycles. The summed E-state index contributed by atoms with van der Waals surface area (Å²) in [6.07, 6.45) is -0.931. The number of nitrogens with zero attached hydrogens (tertiary/aromatic N) is 2. The highest BCUT2D eigenvalue weighted by molar-refractivity contribution is 5.74. The van der Waals surface area contributed by atoms with Crippen LogP contribution in [0.5, 0.6) is 0 Å². The lowest BCUT2D eigenvalue weighted by Crippen LogP contribution is -2.44. The lowest BCUT2D eigenvalue weighted by Gasteiger charge is -2.37. The molecule has 0 aliphatic carbocycles. The number of methoxy groups -OCH3 is 1. The van der Waals surface area contributed by atoms with E-state index in [4.69, 9.17) is 9.47 Å². The molecule has 1 aromatic carbocycles. The number of likely N-dealkylation sites (tertiary alicyclic amines) is 1. The average Bonchev–Trinajstić information content (AvgIpc) is 2.67. The maximum atomic E-state index is 12.5. The van der Waals surface area contributed by atoms with Crippen LogP contribution < -0.4 is 0 Å². The largest absolute Gasteiger partial charge is 0.469 e. The molecule has 1 N–H and O–H groups in total. The van der Waals surface area contributed by atoms with Crippen LogP contribution in [0.25, 0.3) is 0 Å². The molecule has 1 amide bonds. The third-order valence-corrected chi connectivity index (χ3v) is 4.96. The molecule has 1 fully saturated rings. The monoisotopic (exact) mass is 408 g/mol. The van der Waals surface area contributed by atoms with Crippen LogP contribution in [-0.4, -0.2) is 52.8 Å². The summed E-state index contributed by atoms with van der Waals surface area (Å²) in [5.41, 5.74) is -0.784. The van der Waals surface area contributed by atoms with Gasteiger partial charge in [-0.2, -0.15) is 0 Å². The first-order valence-electron chi connectivity index (χ1n) is 9.52. The molecule has 1 aliphatic rings. The molecule has 29 heavy (non-hydrogen) atoms. The van der Waals surface area contributed by atoms with Crippen molar-refractivity contribution >= 4 is 17.7 Å². The van der Waals surface area contributed by atoms with Crippen molar-refractivity contribution in [3.63, 3.8) is 0 Å². The molecule has 160 valence electrons. The van der Waals surface area contributed by atoms with Crippen molar-refractivity contribution < 1.29 is 29.1 Å². The molecular formula is C20H28N2O7. The van der Waals surface area contributed by atoms with E-state index in [-0.39, 0.29) is 17.2 Å². The number of aliphatic hydroxyl groups is 1. The van der Waals surface area contributed by atoms with Crippen LogP contribution in [0.1, 0.15) is 45.3 Å². The first kappa shape index (κ1) is 22.6. The Morgan fingerprint density at radius 3 is 2.34 bits per heavy atom. The van der Waals surface area contributed by atoms with Crippen LogP contribution in [0, 0.1) is 22.0 Å². The molecule has 0 bridgehead atoms. The van der Waals surface area contributed by atoms with Gasteiger partial charge >= 0.3 is 12.1 Å². The molecule has 1 aromatic rings. The third-order valence-electron chi connectivity index (χ3n) is 4.96. The van der Waals surface area contributed by atoms with E-state index in [1.807, 2.05) is 0 Å². The minimum Gasteiger partial charge on any atom is -0.469 e. The maximum Gasteiger partial charge on any atom is 0.410 e. The molecule has 9 heteroatoms. The molecule has 0 spiro atoms. The molecule has 9 nitrogen and oxygen atoms in total. The average molecular weight is 408 g/mol. The number of hydrogen-bond acceptors (Lipinski definition) is 7. The predicted octanol–water partition coefficient (Wildman–Crippen LogP) is 3.06. The number of benzene rings is 1. The molecule has 2 atom stereocenters. The van der Waals surface area contributed by atoms with Gasteiger partial charge < -0.3 is 19.5 Å². The summed E-state index contributed by atoms with van der Waals surface area (Å²) in [6.45, 7) is 6.07. The Bertz CT molecular complexity index is 751. The van der Waals surface area contributed by atoms with Crippen molar-refractivity contribution in [1.29, 1.82) is 0 Å². The second-order valence-corrected chi connectivity index (χ2v) is 8.11. The minimum absolute atomic E-state index is 0.0717. The SMILES string of the molecule is COC(=O)[C@H](C1CCN(C(=O)OC(C)(C)C)CC1)[C@@H](O)c1ccccc1[N+](=O)[O-]. The van der Waals surface area contributed by atoms with Crippen molar-refractivity contribution in [1.82, 2.24) is 4.90 Å². The smallest absolute Gasteiger partial charge is 0.410 e. The number of hydrogen-bond donors (Lipinski definition) is 1. The van der Waals surface area contributed by atoms with Gasteiger partial charge in [0.1, 0.15) is 5.60 Å². The zero-order valence-corrected chi connectivity index (χ0v) is 17.2. The van der Waals surface area contributed by atoms with Crippen molar-refractivity contribution in [2.45, 2.75) is 45.3 Å². The Labute approximate surface area is 169 Å². The van der Waals surface area contributed by atoms with E-state index >= 15 is 0 Å². The number of amides is 1. The number of esters is 1. The van der Waals surface area contributed by atoms with Gasteiger partial charge in [0.25, 0.3) is 5.69 Å². The van der Waals surface area contributed by atoms with E-state index in [1.165, 1.54) is 25.3 Å². The first-order valence-corrected chi connectivity index (χ1v) is 9.52. The highest BCUT2D eigenvalue weighted by atomic mass is 16.6. The van der Waals surface area contributed by atoms with Crippen molar-refractivity contribution in [2.24, 2.45) is 11.8 Å². The zero-order valence-electron chi connectivity index (χ0n) is 17.2. The van der Waals surface area contributed by atoms with Gasteiger partial charge in [-0.05, 0) is 45.6 Å². The summed E-state index contributed by atoms with van der Waals surface area (Å²) in [5, 5.41) is 22.2. The van der Waals surface area contributed by atoms with Crippen LogP contribution in [0.2, 0.25) is 0 Å². The number of carbonyl (C=O) groups is 2. The Kier molecular flexibility index (Phi) is 7.18. The zero-order chi connectivity index (χ0) is 21.8. The van der Waals surface area contributed by atoms with Gasteiger partial charge in [-0.3, -0.25) is 14.9 Å². The Balaban J connectivity index is 2.18. The standard InChI is InChI=1S/C20H28N2O7/c1-20(2,3)29-19(25)21-11-9-13(10-12-21)16(18(24)28-4)17(23)14-7-5-6-8-15(14)22(26)27/h5-8,13,16-17,23H,9-12H2,1-4H3/t16-,17+/m1/s1. The number of ether oxygens (including phenoxy) is 2. The topological polar surface area (TPSA) is 119 Å². The van der Waals surface area contributed by atoms with Gasteiger partial charge in [-0.25, -0.2) is 4.79 Å². The van der Waals surface area contributed by atoms with E-state index in [0.29, 0.717) is 25.9 Å². The Hall–Kier alpha value is -2.68. The van der Waals surface area contributed by atoms with Crippen molar-refractivity contribution in [2.75, 3.05) is 20.2 Å². The first-order chi connectivity index (χ1) is 13.5. The van der Waals surface area contributed by atoms with Gasteiger partial charge in [0.2, 0.25) is 0 Å². The number of para-hydroxylation sites is 1. The predicted molar refractivity (Wildman–Crippen MR) is 104 cm³/mol. The highest BCUT2D eigenvalue weighted by Crippen LogP contribution is 2.38. The second-order valence-electron chi connectivity index (χ2n) is 8.11. The van der Waals surface area contributed by atoms with E-state index < -0.39 is 34.6 Å². The van der Waals surface area contributed by atoms with E-state index in [0.717, 1.165) is 0 Å². The fourth-order valence-electron chi connectivity index (χ4n) is 3.58. The molecule has 1 saturated heterocycles. The van der Waals surface area contributed by atoms with Gasteiger partial charge in [0.05, 0.1) is 29.6 Å². The number of rotatable bonds is 5. The quantitative estimate of drug-likeness (QED) is 0.452. The molecule has 0 radical (unpaired) electrons. The summed E-state index contributed by atoms with van der Waals surface area (Å²) in [5.74, 6) is -1.90. The van der Waals surface area contributed by atoms with Crippen LogP contribution in [0.3, 0.4) is 0 Å². The molecule has 0 saturated carbocycles. The highest BCUT2D eigenvalue weighted by Gasteiger charge is 2.41. The van der Waals surface area contributed by atoms with Gasteiger partial charge in [0.15, 0.2) is 0 Å². The van der Waals surface area contributed by atoms with Crippen molar-refractivity contribution in [3.05, 3.63) is 39.9 Å². The summed E-state index contributed by atoms with van der Waals surface area (Å²) in [7, 11) is 1.22. The Morgan fingerprint density at radius 1 is 1.24 bits per heavy atom. The minimum atomic E-state index is -1.39. The van der Waals surface area contributed by atoms with Crippen molar-refractivity contribution in [3.8, 4) is 0 Å². The fraction of sp³-hybridized carbons (Fsp3) is 0.600. The number of nitro benzene ring substituents is 1. The molecular weight excluding hydrogens is 380 g/mol. The maximum absolute atomic E-state index is 12.5. The van der Waals surface area contributed by atoms with Gasteiger partial charge in [0, 0.05) is 19.2 Å². The Morgan fingerprint density at radius 2 is 1.83 bits per heavy atom. The normalized spacial score (nSPS) is 17.3. The number of nitro groups is 1. The summed E-state index contributed by atoms with van der Waals surface area (Å²) < 4.78 is 10.2. The summed E-state index contributed by atoms with van der Waals surface area (Å²) in [6, 6.07) is 5.80. The number of carbonyl (C=O) groups excluding carboxylic acids is 2. The summed E-state index contributed by atoms with van der Waals surface area (Å²) in [4.78, 5) is 37.0. The lowest BCUT2D eigenvalue weighted by molar-refractivity contribution is -0.386. The third kappa shape index (κ3) is 5.66. The summed E-state index contributed by atoms with van der Waals surface area (Å²) >= 11 is 0. The second kappa shape index (κ2) is 9.21. The lowest BCUT2D eigenvalue weighted by atomic mass is 9.78.